The van der Waals surface area contributed by atoms with Gasteiger partial charge in [-0.2, -0.15) is 0 Å². The zero-order valence-corrected chi connectivity index (χ0v) is 23.6. The van der Waals surface area contributed by atoms with Gasteiger partial charge in [0.15, 0.2) is 18.1 Å². The summed E-state index contributed by atoms with van der Waals surface area (Å²) in [5, 5.41) is 16.0. The Kier molecular flexibility index (Phi) is 8.48. The van der Waals surface area contributed by atoms with Gasteiger partial charge in [-0.15, -0.1) is 0 Å². The molecular weight excluding hydrogens is 600 g/mol. The molecule has 0 bridgehead atoms. The molecule has 1 fully saturated rings. The number of carbonyl (C=O) groups excluding carboxylic acids is 4. The number of nitro groups is 1. The number of ether oxygens (including phenoxy) is 2. The van der Waals surface area contributed by atoms with Crippen LogP contribution >= 0.6 is 15.9 Å². The Morgan fingerprint density at radius 2 is 1.88 bits per heavy atom. The van der Waals surface area contributed by atoms with Crippen LogP contribution in [0.4, 0.5) is 21.9 Å². The summed E-state index contributed by atoms with van der Waals surface area (Å²) in [6.07, 6.45) is 1.23. The van der Waals surface area contributed by atoms with Crippen molar-refractivity contribution in [3.8, 4) is 11.5 Å². The highest BCUT2D eigenvalue weighted by Gasteiger charge is 2.37. The van der Waals surface area contributed by atoms with Crippen molar-refractivity contribution in [3.05, 3.63) is 91.4 Å². The van der Waals surface area contributed by atoms with Gasteiger partial charge in [0.1, 0.15) is 5.57 Å². The third kappa shape index (κ3) is 6.41. The molecule has 1 aliphatic rings. The highest BCUT2D eigenvalue weighted by Crippen LogP contribution is 2.37. The highest BCUT2D eigenvalue weighted by molar-refractivity contribution is 9.10. The zero-order valence-electron chi connectivity index (χ0n) is 22.0. The molecule has 13 heteroatoms. The molecule has 0 saturated carbocycles. The van der Waals surface area contributed by atoms with Gasteiger partial charge in [-0.3, -0.25) is 29.8 Å². The van der Waals surface area contributed by atoms with Crippen molar-refractivity contribution in [1.29, 1.82) is 0 Å². The summed E-state index contributed by atoms with van der Waals surface area (Å²) >= 11 is 3.37. The number of benzene rings is 3. The molecule has 0 atom stereocenters. The van der Waals surface area contributed by atoms with Gasteiger partial charge in [0, 0.05) is 17.8 Å². The average Bonchev–Trinajstić information content (AvgIpc) is 2.92. The maximum Gasteiger partial charge on any atom is 0.335 e. The number of carbonyl (C=O) groups is 4. The van der Waals surface area contributed by atoms with Gasteiger partial charge in [-0.1, -0.05) is 18.2 Å². The lowest BCUT2D eigenvalue weighted by Crippen LogP contribution is -2.54. The van der Waals surface area contributed by atoms with E-state index in [-0.39, 0.29) is 29.5 Å². The monoisotopic (exact) mass is 622 g/mol. The third-order valence-electron chi connectivity index (χ3n) is 5.98. The highest BCUT2D eigenvalue weighted by atomic mass is 79.9. The van der Waals surface area contributed by atoms with E-state index >= 15 is 0 Å². The molecule has 0 aromatic heterocycles. The van der Waals surface area contributed by atoms with Crippen LogP contribution in [0, 0.1) is 24.0 Å². The predicted molar refractivity (Wildman–Crippen MR) is 153 cm³/mol. The van der Waals surface area contributed by atoms with E-state index in [0.717, 1.165) is 17.2 Å². The summed E-state index contributed by atoms with van der Waals surface area (Å²) in [7, 11) is 1.38. The van der Waals surface area contributed by atoms with Crippen molar-refractivity contribution in [2.45, 2.75) is 13.8 Å². The fourth-order valence-corrected chi connectivity index (χ4v) is 4.54. The Morgan fingerprint density at radius 3 is 2.59 bits per heavy atom. The molecule has 210 valence electrons. The number of urea groups is 1. The molecule has 0 aliphatic carbocycles. The Hall–Kier alpha value is -5.04. The van der Waals surface area contributed by atoms with Crippen LogP contribution in [0.25, 0.3) is 6.08 Å². The van der Waals surface area contributed by atoms with Crippen LogP contribution in [0.3, 0.4) is 0 Å². The molecule has 0 unspecified atom stereocenters. The second kappa shape index (κ2) is 12.0. The van der Waals surface area contributed by atoms with E-state index in [1.807, 2.05) is 32.0 Å². The lowest BCUT2D eigenvalue weighted by atomic mass is 10.1. The molecule has 4 rings (SSSR count). The fraction of sp³-hybridized carbons (Fsp3) is 0.143. The molecule has 1 aliphatic heterocycles. The molecule has 41 heavy (non-hydrogen) atoms. The van der Waals surface area contributed by atoms with Crippen molar-refractivity contribution in [1.82, 2.24) is 5.32 Å². The number of hydrogen-bond donors (Lipinski definition) is 2. The number of non-ortho nitro benzene ring substituents is 1. The quantitative estimate of drug-likeness (QED) is 0.159. The van der Waals surface area contributed by atoms with Gasteiger partial charge in [0.05, 0.1) is 22.2 Å². The molecule has 0 spiro atoms. The summed E-state index contributed by atoms with van der Waals surface area (Å²) in [5.74, 6) is -1.91. The van der Waals surface area contributed by atoms with E-state index < -0.39 is 34.2 Å². The number of nitrogens with one attached hydrogen (secondary N) is 2. The SMILES string of the molecule is COc1cc(/C=C2/C(=O)NC(=O)N(c3cccc([N+](=O)[O-])c3)C2=O)cc(Br)c1OCC(=O)Nc1cc(C)ccc1C. The summed E-state index contributed by atoms with van der Waals surface area (Å²) in [6.45, 7) is 3.46. The van der Waals surface area contributed by atoms with Gasteiger partial charge in [-0.05, 0) is 76.8 Å². The first-order valence-electron chi connectivity index (χ1n) is 12.0. The second-order valence-electron chi connectivity index (χ2n) is 8.92. The van der Waals surface area contributed by atoms with Crippen LogP contribution in [-0.2, 0) is 14.4 Å². The molecule has 0 radical (unpaired) electrons. The smallest absolute Gasteiger partial charge is 0.335 e. The number of nitrogens with zero attached hydrogens (tertiary/aromatic N) is 2. The van der Waals surface area contributed by atoms with Crippen molar-refractivity contribution in [2.75, 3.05) is 23.9 Å². The van der Waals surface area contributed by atoms with Gasteiger partial charge < -0.3 is 14.8 Å². The lowest BCUT2D eigenvalue weighted by Gasteiger charge is -2.26. The minimum absolute atomic E-state index is 0.0817. The Labute approximate surface area is 242 Å². The first-order chi connectivity index (χ1) is 19.5. The third-order valence-corrected chi connectivity index (χ3v) is 6.57. The number of rotatable bonds is 8. The summed E-state index contributed by atoms with van der Waals surface area (Å²) in [4.78, 5) is 61.9. The van der Waals surface area contributed by atoms with Crippen LogP contribution in [-0.4, -0.2) is 42.4 Å². The van der Waals surface area contributed by atoms with Crippen LogP contribution in [0.2, 0.25) is 0 Å². The minimum Gasteiger partial charge on any atom is -0.493 e. The number of barbiturate groups is 1. The molecule has 3 aromatic rings. The van der Waals surface area contributed by atoms with Gasteiger partial charge in [0.2, 0.25) is 0 Å². The van der Waals surface area contributed by atoms with E-state index in [4.69, 9.17) is 9.47 Å². The standard InChI is InChI=1S/C28H23BrN4O8/c1-15-7-8-16(2)22(9-15)30-24(34)14-41-25-21(29)11-17(12-23(25)40-3)10-20-26(35)31-28(37)32(27(20)36)18-5-4-6-19(13-18)33(38)39/h4-13H,14H2,1-3H3,(H,30,34)(H,31,35,37)/b20-10-. The second-order valence-corrected chi connectivity index (χ2v) is 9.78. The largest absolute Gasteiger partial charge is 0.493 e. The number of amides is 5. The van der Waals surface area contributed by atoms with Gasteiger partial charge >= 0.3 is 6.03 Å². The Balaban J connectivity index is 1.57. The number of hydrogen-bond acceptors (Lipinski definition) is 8. The average molecular weight is 623 g/mol. The molecule has 3 aromatic carbocycles. The van der Waals surface area contributed by atoms with Crippen molar-refractivity contribution in [3.63, 3.8) is 0 Å². The molecule has 12 nitrogen and oxygen atoms in total. The maximum atomic E-state index is 13.2. The molecule has 1 heterocycles. The summed E-state index contributed by atoms with van der Waals surface area (Å²) in [6, 6.07) is 12.6. The van der Waals surface area contributed by atoms with E-state index in [1.165, 1.54) is 43.5 Å². The summed E-state index contributed by atoms with van der Waals surface area (Å²) < 4.78 is 11.5. The van der Waals surface area contributed by atoms with Gasteiger partial charge in [0.25, 0.3) is 23.4 Å². The van der Waals surface area contributed by atoms with E-state index in [0.29, 0.717) is 20.6 Å². The number of methoxy groups -OCH3 is 1. The maximum absolute atomic E-state index is 13.2. The first kappa shape index (κ1) is 29.0. The van der Waals surface area contributed by atoms with Crippen molar-refractivity contribution < 1.29 is 33.6 Å². The molecule has 1 saturated heterocycles. The molecule has 5 amide bonds. The number of nitro benzene ring substituents is 1. The first-order valence-corrected chi connectivity index (χ1v) is 12.8. The zero-order chi connectivity index (χ0) is 29.8. The Bertz CT molecular complexity index is 1640. The fourth-order valence-electron chi connectivity index (χ4n) is 3.96. The molecule has 2 N–H and O–H groups in total. The Morgan fingerprint density at radius 1 is 1.12 bits per heavy atom. The van der Waals surface area contributed by atoms with E-state index in [2.05, 4.69) is 26.6 Å². The van der Waals surface area contributed by atoms with Crippen molar-refractivity contribution in [2.24, 2.45) is 0 Å². The lowest BCUT2D eigenvalue weighted by molar-refractivity contribution is -0.384. The van der Waals surface area contributed by atoms with Crippen LogP contribution in [0.1, 0.15) is 16.7 Å². The topological polar surface area (TPSA) is 157 Å². The number of aryl methyl sites for hydroxylation is 2. The van der Waals surface area contributed by atoms with Gasteiger partial charge in [-0.25, -0.2) is 9.69 Å². The van der Waals surface area contributed by atoms with Crippen LogP contribution < -0.4 is 25.0 Å². The predicted octanol–water partition coefficient (Wildman–Crippen LogP) is 4.67. The van der Waals surface area contributed by atoms with E-state index in [9.17, 15) is 29.3 Å². The van der Waals surface area contributed by atoms with Crippen molar-refractivity contribution >= 4 is 62.8 Å². The number of halogens is 1. The van der Waals surface area contributed by atoms with Crippen LogP contribution in [0.15, 0.2) is 64.6 Å². The number of imide groups is 2. The summed E-state index contributed by atoms with van der Waals surface area (Å²) in [5.41, 5.74) is 2.06. The molecular formula is C28H23BrN4O8. The normalized spacial score (nSPS) is 14.1. The van der Waals surface area contributed by atoms with Crippen LogP contribution in [0.5, 0.6) is 11.5 Å². The minimum atomic E-state index is -1.04. The van der Waals surface area contributed by atoms with E-state index in [1.54, 1.807) is 0 Å². The number of anilines is 2.